The fourth-order valence-electron chi connectivity index (χ4n) is 1.79. The zero-order chi connectivity index (χ0) is 12.3. The van der Waals surface area contributed by atoms with Crippen molar-refractivity contribution >= 4 is 0 Å². The highest BCUT2D eigenvalue weighted by molar-refractivity contribution is 5.44. The van der Waals surface area contributed by atoms with Crippen LogP contribution in [0.4, 0.5) is 0 Å². The first-order chi connectivity index (χ1) is 8.24. The minimum atomic E-state index is -0.236. The van der Waals surface area contributed by atoms with Crippen molar-refractivity contribution in [3.05, 3.63) is 23.8 Å². The number of rotatable bonds is 5. The lowest BCUT2D eigenvalue weighted by Crippen LogP contribution is -2.37. The van der Waals surface area contributed by atoms with Gasteiger partial charge >= 0.3 is 0 Å². The lowest BCUT2D eigenvalue weighted by Gasteiger charge is -2.24. The SMILES string of the molecule is CN(Cc1ccc2c(c1)OCO2)C(CO)CO. The minimum absolute atomic E-state index is 0.0580. The molecule has 0 bridgehead atoms. The molecule has 0 aliphatic carbocycles. The van der Waals surface area contributed by atoms with Crippen molar-refractivity contribution in [2.75, 3.05) is 27.1 Å². The van der Waals surface area contributed by atoms with Crippen LogP contribution in [0, 0.1) is 0 Å². The van der Waals surface area contributed by atoms with Crippen LogP contribution in [0.2, 0.25) is 0 Å². The van der Waals surface area contributed by atoms with Crippen molar-refractivity contribution in [1.82, 2.24) is 4.90 Å². The van der Waals surface area contributed by atoms with Gasteiger partial charge in [0.15, 0.2) is 11.5 Å². The first-order valence-electron chi connectivity index (χ1n) is 5.55. The Morgan fingerprint density at radius 2 is 1.94 bits per heavy atom. The molecular weight excluding hydrogens is 222 g/mol. The lowest BCUT2D eigenvalue weighted by atomic mass is 10.1. The summed E-state index contributed by atoms with van der Waals surface area (Å²) in [6, 6.07) is 5.51. The van der Waals surface area contributed by atoms with Gasteiger partial charge in [-0.3, -0.25) is 4.90 Å². The smallest absolute Gasteiger partial charge is 0.231 e. The van der Waals surface area contributed by atoms with Crippen LogP contribution in [0.15, 0.2) is 18.2 Å². The zero-order valence-electron chi connectivity index (χ0n) is 9.80. The Balaban J connectivity index is 2.03. The van der Waals surface area contributed by atoms with Gasteiger partial charge in [0.05, 0.1) is 19.3 Å². The maximum absolute atomic E-state index is 9.08. The molecule has 17 heavy (non-hydrogen) atoms. The summed E-state index contributed by atoms with van der Waals surface area (Å²) in [5.74, 6) is 1.51. The number of likely N-dealkylation sites (N-methyl/N-ethyl adjacent to an activating group) is 1. The molecule has 0 amide bonds. The molecule has 0 saturated heterocycles. The standard InChI is InChI=1S/C12H17NO4/c1-13(10(6-14)7-15)5-9-2-3-11-12(4-9)17-8-16-11/h2-4,10,14-15H,5-8H2,1H3. The van der Waals surface area contributed by atoms with E-state index in [0.717, 1.165) is 17.1 Å². The topological polar surface area (TPSA) is 62.2 Å². The van der Waals surface area contributed by atoms with Gasteiger partial charge in [0, 0.05) is 6.54 Å². The molecule has 0 saturated carbocycles. The summed E-state index contributed by atoms with van der Waals surface area (Å²) in [5, 5.41) is 18.2. The third kappa shape index (κ3) is 2.69. The molecule has 5 heteroatoms. The van der Waals surface area contributed by atoms with Crippen LogP contribution in [0.3, 0.4) is 0 Å². The van der Waals surface area contributed by atoms with E-state index in [1.807, 2.05) is 30.1 Å². The van der Waals surface area contributed by atoms with E-state index in [1.165, 1.54) is 0 Å². The van der Waals surface area contributed by atoms with Crippen LogP contribution in [0.25, 0.3) is 0 Å². The lowest BCUT2D eigenvalue weighted by molar-refractivity contribution is 0.0873. The second-order valence-corrected chi connectivity index (χ2v) is 4.12. The number of fused-ring (bicyclic) bond motifs is 1. The average Bonchev–Trinajstić information content (AvgIpc) is 2.77. The van der Waals surface area contributed by atoms with Crippen molar-refractivity contribution in [2.45, 2.75) is 12.6 Å². The number of aliphatic hydroxyl groups is 2. The molecule has 94 valence electrons. The highest BCUT2D eigenvalue weighted by Gasteiger charge is 2.16. The summed E-state index contributed by atoms with van der Waals surface area (Å²) in [6.07, 6.45) is 0. The Kier molecular flexibility index (Phi) is 3.83. The van der Waals surface area contributed by atoms with E-state index < -0.39 is 0 Å². The summed E-state index contributed by atoms with van der Waals surface area (Å²) in [5.41, 5.74) is 1.06. The molecular formula is C12H17NO4. The average molecular weight is 239 g/mol. The second-order valence-electron chi connectivity index (χ2n) is 4.12. The minimum Gasteiger partial charge on any atom is -0.454 e. The van der Waals surface area contributed by atoms with E-state index in [4.69, 9.17) is 19.7 Å². The summed E-state index contributed by atoms with van der Waals surface area (Å²) in [6.45, 7) is 0.794. The van der Waals surface area contributed by atoms with E-state index >= 15 is 0 Å². The predicted molar refractivity (Wildman–Crippen MR) is 62.0 cm³/mol. The summed E-state index contributed by atoms with van der Waals surface area (Å²) in [7, 11) is 1.86. The fraction of sp³-hybridized carbons (Fsp3) is 0.500. The van der Waals surface area contributed by atoms with Crippen molar-refractivity contribution < 1.29 is 19.7 Å². The Labute approximate surface area is 100 Å². The van der Waals surface area contributed by atoms with Crippen molar-refractivity contribution in [1.29, 1.82) is 0 Å². The number of nitrogens with zero attached hydrogens (tertiary/aromatic N) is 1. The molecule has 0 radical (unpaired) electrons. The number of benzene rings is 1. The highest BCUT2D eigenvalue weighted by atomic mass is 16.7. The van der Waals surface area contributed by atoms with Crippen LogP contribution in [-0.2, 0) is 6.54 Å². The van der Waals surface area contributed by atoms with E-state index in [-0.39, 0.29) is 26.0 Å². The number of hydrogen-bond donors (Lipinski definition) is 2. The molecule has 1 aliphatic rings. The Bertz CT molecular complexity index is 379. The number of ether oxygens (including phenoxy) is 2. The van der Waals surface area contributed by atoms with E-state index in [9.17, 15) is 0 Å². The van der Waals surface area contributed by atoms with Gasteiger partial charge in [-0.2, -0.15) is 0 Å². The Morgan fingerprint density at radius 3 is 2.65 bits per heavy atom. The molecule has 0 atom stereocenters. The largest absolute Gasteiger partial charge is 0.454 e. The molecule has 1 aliphatic heterocycles. The molecule has 2 N–H and O–H groups in total. The first kappa shape index (κ1) is 12.2. The van der Waals surface area contributed by atoms with Gasteiger partial charge in [-0.05, 0) is 24.7 Å². The maximum Gasteiger partial charge on any atom is 0.231 e. The number of hydrogen-bond acceptors (Lipinski definition) is 5. The van der Waals surface area contributed by atoms with Crippen LogP contribution in [0.1, 0.15) is 5.56 Å². The normalized spacial score (nSPS) is 13.7. The van der Waals surface area contributed by atoms with Gasteiger partial charge in [-0.25, -0.2) is 0 Å². The summed E-state index contributed by atoms with van der Waals surface area (Å²) in [4.78, 5) is 1.90. The maximum atomic E-state index is 9.08. The van der Waals surface area contributed by atoms with E-state index in [0.29, 0.717) is 6.54 Å². The molecule has 0 spiro atoms. The van der Waals surface area contributed by atoms with Crippen LogP contribution in [0.5, 0.6) is 11.5 Å². The molecule has 0 unspecified atom stereocenters. The van der Waals surface area contributed by atoms with Crippen LogP contribution >= 0.6 is 0 Å². The van der Waals surface area contributed by atoms with Crippen molar-refractivity contribution in [2.24, 2.45) is 0 Å². The summed E-state index contributed by atoms with van der Waals surface area (Å²) >= 11 is 0. The van der Waals surface area contributed by atoms with Crippen LogP contribution in [-0.4, -0.2) is 48.2 Å². The quantitative estimate of drug-likeness (QED) is 0.768. The van der Waals surface area contributed by atoms with Crippen molar-refractivity contribution in [3.63, 3.8) is 0 Å². The first-order valence-corrected chi connectivity index (χ1v) is 5.55. The van der Waals surface area contributed by atoms with Gasteiger partial charge in [0.1, 0.15) is 0 Å². The molecule has 1 aromatic rings. The van der Waals surface area contributed by atoms with E-state index in [1.54, 1.807) is 0 Å². The monoisotopic (exact) mass is 239 g/mol. The van der Waals surface area contributed by atoms with Gasteiger partial charge in [0.25, 0.3) is 0 Å². The number of aliphatic hydroxyl groups excluding tert-OH is 2. The van der Waals surface area contributed by atoms with Crippen LogP contribution < -0.4 is 9.47 Å². The predicted octanol–water partition coefficient (Wildman–Crippen LogP) is 0.200. The fourth-order valence-corrected chi connectivity index (χ4v) is 1.79. The second kappa shape index (κ2) is 5.35. The third-order valence-electron chi connectivity index (χ3n) is 2.91. The van der Waals surface area contributed by atoms with Gasteiger partial charge in [-0.1, -0.05) is 6.07 Å². The van der Waals surface area contributed by atoms with Gasteiger partial charge in [0.2, 0.25) is 6.79 Å². The molecule has 1 heterocycles. The van der Waals surface area contributed by atoms with E-state index in [2.05, 4.69) is 0 Å². The molecule has 0 aromatic heterocycles. The van der Waals surface area contributed by atoms with Crippen molar-refractivity contribution in [3.8, 4) is 11.5 Å². The molecule has 5 nitrogen and oxygen atoms in total. The molecule has 2 rings (SSSR count). The molecule has 0 fully saturated rings. The zero-order valence-corrected chi connectivity index (χ0v) is 9.80. The Hall–Kier alpha value is -1.30. The summed E-state index contributed by atoms with van der Waals surface area (Å²) < 4.78 is 10.5. The van der Waals surface area contributed by atoms with Gasteiger partial charge < -0.3 is 19.7 Å². The highest BCUT2D eigenvalue weighted by Crippen LogP contribution is 2.32. The molecule has 1 aromatic carbocycles. The van der Waals surface area contributed by atoms with Gasteiger partial charge in [-0.15, -0.1) is 0 Å². The Morgan fingerprint density at radius 1 is 1.24 bits per heavy atom. The third-order valence-corrected chi connectivity index (χ3v) is 2.91.